The maximum atomic E-state index is 13.1. The summed E-state index contributed by atoms with van der Waals surface area (Å²) in [7, 11) is 0. The van der Waals surface area contributed by atoms with Crippen LogP contribution in [0.2, 0.25) is 0 Å². The van der Waals surface area contributed by atoms with E-state index in [1.807, 2.05) is 24.3 Å². The lowest BCUT2D eigenvalue weighted by atomic mass is 9.79. The first-order chi connectivity index (χ1) is 17.0. The third-order valence-corrected chi connectivity index (χ3v) is 7.62. The minimum atomic E-state index is -1.01. The molecule has 0 aliphatic heterocycles. The fraction of sp³-hybridized carbons (Fsp3) is 0.464. The zero-order valence-corrected chi connectivity index (χ0v) is 19.9. The largest absolute Gasteiger partial charge is 0.480 e. The monoisotopic (exact) mass is 476 g/mol. The van der Waals surface area contributed by atoms with Crippen molar-refractivity contribution in [2.75, 3.05) is 13.2 Å². The number of aliphatic carboxylic acids is 1. The number of nitrogens with one attached hydrogen (secondary N) is 1. The number of nitrogens with zero attached hydrogens (tertiary/aromatic N) is 1. The molecule has 3 aliphatic rings. The van der Waals surface area contributed by atoms with E-state index in [9.17, 15) is 19.5 Å². The summed E-state index contributed by atoms with van der Waals surface area (Å²) >= 11 is 0. The van der Waals surface area contributed by atoms with Crippen molar-refractivity contribution < 1.29 is 24.2 Å². The number of carbonyl (C=O) groups is 3. The molecule has 0 atom stereocenters. The van der Waals surface area contributed by atoms with Crippen LogP contribution in [0, 0.1) is 0 Å². The maximum Gasteiger partial charge on any atom is 0.407 e. The van der Waals surface area contributed by atoms with Crippen molar-refractivity contribution in [3.63, 3.8) is 0 Å². The number of amides is 2. The first-order valence-electron chi connectivity index (χ1n) is 12.6. The average Bonchev–Trinajstić information content (AvgIpc) is 3.64. The molecule has 5 rings (SSSR count). The third-order valence-electron chi connectivity index (χ3n) is 7.62. The Hall–Kier alpha value is -3.35. The summed E-state index contributed by atoms with van der Waals surface area (Å²) in [5.41, 5.74) is 3.95. The summed E-state index contributed by atoms with van der Waals surface area (Å²) in [5, 5.41) is 12.3. The molecule has 2 aromatic carbocycles. The summed E-state index contributed by atoms with van der Waals surface area (Å²) in [6.07, 6.45) is 5.54. The molecule has 0 unspecified atom stereocenters. The molecule has 2 fully saturated rings. The predicted octanol–water partition coefficient (Wildman–Crippen LogP) is 4.69. The van der Waals surface area contributed by atoms with Gasteiger partial charge in [-0.25, -0.2) is 4.79 Å². The SMILES string of the molecule is O=C(O)CN(C(=O)CC1(NC(=O)OCC2c3ccccc3-c3ccccc32)CCCCC1)C1CC1. The number of alkyl carbamates (subject to hydrolysis) is 1. The molecule has 7 heteroatoms. The molecule has 0 heterocycles. The molecule has 3 aliphatic carbocycles. The smallest absolute Gasteiger partial charge is 0.407 e. The van der Waals surface area contributed by atoms with Gasteiger partial charge in [0, 0.05) is 12.0 Å². The van der Waals surface area contributed by atoms with Gasteiger partial charge in [-0.1, -0.05) is 67.8 Å². The van der Waals surface area contributed by atoms with Gasteiger partial charge in [-0.2, -0.15) is 0 Å². The molecule has 2 aromatic rings. The number of carboxylic acid groups (broad SMARTS) is 1. The zero-order chi connectivity index (χ0) is 24.4. The van der Waals surface area contributed by atoms with Crippen molar-refractivity contribution in [2.45, 2.75) is 68.9 Å². The molecule has 0 saturated heterocycles. The van der Waals surface area contributed by atoms with Gasteiger partial charge in [0.05, 0.1) is 12.0 Å². The molecular formula is C28H32N2O5. The summed E-state index contributed by atoms with van der Waals surface area (Å²) in [6, 6.07) is 16.4. The highest BCUT2D eigenvalue weighted by Crippen LogP contribution is 2.44. The van der Waals surface area contributed by atoms with Gasteiger partial charge in [-0.15, -0.1) is 0 Å². The lowest BCUT2D eigenvalue weighted by Crippen LogP contribution is -2.53. The van der Waals surface area contributed by atoms with Gasteiger partial charge >= 0.3 is 12.1 Å². The molecule has 184 valence electrons. The van der Waals surface area contributed by atoms with Gasteiger partial charge in [0.1, 0.15) is 13.2 Å². The summed E-state index contributed by atoms with van der Waals surface area (Å²) < 4.78 is 5.76. The van der Waals surface area contributed by atoms with Gasteiger partial charge < -0.3 is 20.1 Å². The average molecular weight is 477 g/mol. The Labute approximate surface area is 205 Å². The third kappa shape index (κ3) is 5.04. The van der Waals surface area contributed by atoms with Crippen LogP contribution in [-0.4, -0.2) is 52.7 Å². The van der Waals surface area contributed by atoms with Crippen LogP contribution in [0.3, 0.4) is 0 Å². The second-order valence-corrected chi connectivity index (χ2v) is 10.1. The summed E-state index contributed by atoms with van der Waals surface area (Å²) in [5.74, 6) is -1.24. The van der Waals surface area contributed by atoms with Gasteiger partial charge in [0.15, 0.2) is 0 Å². The first-order valence-corrected chi connectivity index (χ1v) is 12.6. The minimum Gasteiger partial charge on any atom is -0.480 e. The van der Waals surface area contributed by atoms with Crippen LogP contribution >= 0.6 is 0 Å². The standard InChI is InChI=1S/C28H32N2O5/c31-25(30(17-26(32)33)19-12-13-19)16-28(14-6-1-7-15-28)29-27(34)35-18-24-22-10-4-2-8-20(22)21-9-3-5-11-23(21)24/h2-5,8-11,19,24H,1,6-7,12-18H2,(H,29,34)(H,32,33). The molecule has 2 amide bonds. The molecule has 0 bridgehead atoms. The zero-order valence-electron chi connectivity index (χ0n) is 19.9. The number of hydrogen-bond acceptors (Lipinski definition) is 4. The van der Waals surface area contributed by atoms with E-state index in [1.54, 1.807) is 0 Å². The predicted molar refractivity (Wildman–Crippen MR) is 131 cm³/mol. The van der Waals surface area contributed by atoms with Crippen LogP contribution in [0.25, 0.3) is 11.1 Å². The quantitative estimate of drug-likeness (QED) is 0.576. The number of carbonyl (C=O) groups excluding carboxylic acids is 2. The maximum absolute atomic E-state index is 13.1. The van der Waals surface area contributed by atoms with Crippen molar-refractivity contribution in [3.05, 3.63) is 59.7 Å². The molecule has 0 aromatic heterocycles. The van der Waals surface area contributed by atoms with Gasteiger partial charge in [-0.05, 0) is 47.9 Å². The molecule has 2 saturated carbocycles. The normalized spacial score (nSPS) is 18.3. The molecule has 35 heavy (non-hydrogen) atoms. The second kappa shape index (κ2) is 9.72. The molecule has 2 N–H and O–H groups in total. The van der Waals surface area contributed by atoms with Gasteiger partial charge in [0.2, 0.25) is 5.91 Å². The number of benzene rings is 2. The van der Waals surface area contributed by atoms with Crippen LogP contribution in [0.1, 0.15) is 68.4 Å². The Morgan fingerprint density at radius 2 is 1.54 bits per heavy atom. The van der Waals surface area contributed by atoms with Crippen molar-refractivity contribution >= 4 is 18.0 Å². The number of ether oxygens (including phenoxy) is 1. The highest BCUT2D eigenvalue weighted by Gasteiger charge is 2.41. The van der Waals surface area contributed by atoms with E-state index in [0.29, 0.717) is 12.8 Å². The van der Waals surface area contributed by atoms with E-state index in [0.717, 1.165) is 43.2 Å². The van der Waals surface area contributed by atoms with E-state index >= 15 is 0 Å². The van der Waals surface area contributed by atoms with Crippen molar-refractivity contribution in [1.82, 2.24) is 10.2 Å². The summed E-state index contributed by atoms with van der Waals surface area (Å²) in [4.78, 5) is 38.9. The Bertz CT molecular complexity index is 1070. The van der Waals surface area contributed by atoms with E-state index in [1.165, 1.54) is 16.0 Å². The fourth-order valence-electron chi connectivity index (χ4n) is 5.77. The highest BCUT2D eigenvalue weighted by molar-refractivity contribution is 5.83. The number of rotatable bonds is 8. The van der Waals surface area contributed by atoms with Gasteiger partial charge in [0.25, 0.3) is 0 Å². The molecular weight excluding hydrogens is 444 g/mol. The molecule has 7 nitrogen and oxygen atoms in total. The number of carboxylic acids is 1. The Balaban J connectivity index is 1.27. The minimum absolute atomic E-state index is 0.00805. The van der Waals surface area contributed by atoms with Crippen molar-refractivity contribution in [2.24, 2.45) is 0 Å². The lowest BCUT2D eigenvalue weighted by molar-refractivity contribution is -0.145. The van der Waals surface area contributed by atoms with Gasteiger partial charge in [-0.3, -0.25) is 9.59 Å². The first kappa shape index (κ1) is 23.4. The fourth-order valence-corrected chi connectivity index (χ4v) is 5.77. The Kier molecular flexibility index (Phi) is 6.50. The van der Waals surface area contributed by atoms with Crippen LogP contribution in [-0.2, 0) is 14.3 Å². The number of hydrogen-bond donors (Lipinski definition) is 2. The van der Waals surface area contributed by atoms with E-state index in [-0.39, 0.29) is 37.4 Å². The van der Waals surface area contributed by atoms with Crippen molar-refractivity contribution in [1.29, 1.82) is 0 Å². The Morgan fingerprint density at radius 1 is 0.943 bits per heavy atom. The van der Waals surface area contributed by atoms with Crippen molar-refractivity contribution in [3.8, 4) is 11.1 Å². The topological polar surface area (TPSA) is 95.9 Å². The van der Waals surface area contributed by atoms with E-state index in [4.69, 9.17) is 4.74 Å². The Morgan fingerprint density at radius 3 is 2.11 bits per heavy atom. The lowest BCUT2D eigenvalue weighted by Gasteiger charge is -2.38. The number of fused-ring (bicyclic) bond motifs is 3. The summed E-state index contributed by atoms with van der Waals surface area (Å²) in [6.45, 7) is -0.0678. The van der Waals surface area contributed by atoms with Crippen LogP contribution in [0.15, 0.2) is 48.5 Å². The van der Waals surface area contributed by atoms with E-state index in [2.05, 4.69) is 29.6 Å². The van der Waals surface area contributed by atoms with Crippen LogP contribution in [0.5, 0.6) is 0 Å². The second-order valence-electron chi connectivity index (χ2n) is 10.1. The molecule has 0 spiro atoms. The van der Waals surface area contributed by atoms with E-state index < -0.39 is 17.6 Å². The molecule has 0 radical (unpaired) electrons. The van der Waals surface area contributed by atoms with Crippen LogP contribution in [0.4, 0.5) is 4.79 Å². The van der Waals surface area contributed by atoms with Crippen LogP contribution < -0.4 is 5.32 Å². The highest BCUT2D eigenvalue weighted by atomic mass is 16.5.